The molecule has 144 valence electrons. The zero-order chi connectivity index (χ0) is 19.6. The predicted molar refractivity (Wildman–Crippen MR) is 116 cm³/mol. The third kappa shape index (κ3) is 2.14. The molecule has 5 rings (SSSR count). The summed E-state index contributed by atoms with van der Waals surface area (Å²) in [7, 11) is 6.66. The number of ether oxygens (including phenoxy) is 4. The Kier molecular flexibility index (Phi) is 3.93. The van der Waals surface area contributed by atoms with Gasteiger partial charge in [-0.25, -0.2) is 0 Å². The summed E-state index contributed by atoms with van der Waals surface area (Å²) < 4.78 is 27.0. The van der Waals surface area contributed by atoms with Gasteiger partial charge in [-0.3, -0.25) is 0 Å². The van der Waals surface area contributed by atoms with E-state index in [9.17, 15) is 0 Å². The fourth-order valence-corrected chi connectivity index (χ4v) is 5.80. The summed E-state index contributed by atoms with van der Waals surface area (Å²) in [5.74, 6) is 2.84. The van der Waals surface area contributed by atoms with Crippen LogP contribution in [0.5, 0.6) is 23.0 Å². The minimum Gasteiger partial charge on any atom is -0.493 e. The predicted octanol–water partition coefficient (Wildman–Crippen LogP) is 5.33. The Morgan fingerprint density at radius 2 is 1.54 bits per heavy atom. The lowest BCUT2D eigenvalue weighted by atomic mass is 9.92. The molecule has 0 saturated heterocycles. The summed E-state index contributed by atoms with van der Waals surface area (Å²) in [6.07, 6.45) is 0.906. The van der Waals surface area contributed by atoms with E-state index < -0.39 is 0 Å². The van der Waals surface area contributed by atoms with E-state index in [1.54, 1.807) is 39.8 Å². The van der Waals surface area contributed by atoms with Gasteiger partial charge in [0.25, 0.3) is 0 Å². The van der Waals surface area contributed by atoms with Crippen LogP contribution in [0.4, 0.5) is 0 Å². The molecule has 7 heteroatoms. The van der Waals surface area contributed by atoms with Gasteiger partial charge in [-0.1, -0.05) is 0 Å². The number of hydrogen-bond acceptors (Lipinski definition) is 6. The molecule has 0 atom stereocenters. The molecular weight excluding hydrogens is 394 g/mol. The van der Waals surface area contributed by atoms with Gasteiger partial charge >= 0.3 is 0 Å². The molecule has 0 N–H and O–H groups in total. The summed E-state index contributed by atoms with van der Waals surface area (Å²) in [5, 5.41) is 4.34. The summed E-state index contributed by atoms with van der Waals surface area (Å²) in [6, 6.07) is 6.15. The quantitative estimate of drug-likeness (QED) is 0.334. The maximum absolute atomic E-state index is 5.83. The molecule has 0 saturated carbocycles. The molecule has 0 bridgehead atoms. The van der Waals surface area contributed by atoms with Crippen LogP contribution < -0.4 is 18.9 Å². The van der Waals surface area contributed by atoms with Crippen molar-refractivity contribution in [2.24, 2.45) is 0 Å². The third-order valence-corrected chi connectivity index (χ3v) is 7.01. The molecule has 0 radical (unpaired) electrons. The van der Waals surface area contributed by atoms with Crippen molar-refractivity contribution >= 4 is 55.3 Å². The number of aromatic nitrogens is 1. The average molecular weight is 414 g/mol. The first kappa shape index (κ1) is 17.6. The van der Waals surface area contributed by atoms with Gasteiger partial charge in [0, 0.05) is 22.7 Å². The van der Waals surface area contributed by atoms with Gasteiger partial charge < -0.3 is 23.5 Å². The second-order valence-corrected chi connectivity index (χ2v) is 8.37. The first-order valence-corrected chi connectivity index (χ1v) is 10.1. The Labute approximate surface area is 171 Å². The second kappa shape index (κ2) is 6.25. The van der Waals surface area contributed by atoms with E-state index in [2.05, 4.69) is 10.6 Å². The monoisotopic (exact) mass is 413 g/mol. The Morgan fingerprint density at radius 1 is 0.857 bits per heavy atom. The van der Waals surface area contributed by atoms with Gasteiger partial charge in [0.05, 0.1) is 38.7 Å². The molecule has 4 aromatic rings. The minimum absolute atomic E-state index is 0.683. The van der Waals surface area contributed by atoms with Gasteiger partial charge in [0.15, 0.2) is 27.0 Å². The van der Waals surface area contributed by atoms with Crippen molar-refractivity contribution in [1.82, 2.24) is 4.57 Å². The van der Waals surface area contributed by atoms with Gasteiger partial charge in [0.2, 0.25) is 0 Å². The Bertz CT molecular complexity index is 1340. The summed E-state index contributed by atoms with van der Waals surface area (Å²) in [5.41, 5.74) is 2.43. The first-order valence-electron chi connectivity index (χ1n) is 8.91. The summed E-state index contributed by atoms with van der Waals surface area (Å²) >= 11 is 7.34. The molecule has 1 aliphatic rings. The number of methoxy groups -OCH3 is 4. The molecule has 2 heterocycles. The van der Waals surface area contributed by atoms with Crippen molar-refractivity contribution in [2.75, 3.05) is 28.4 Å². The molecule has 1 aromatic heterocycles. The van der Waals surface area contributed by atoms with Crippen LogP contribution >= 0.6 is 23.6 Å². The van der Waals surface area contributed by atoms with E-state index in [0.717, 1.165) is 44.6 Å². The van der Waals surface area contributed by atoms with Crippen LogP contribution in [-0.4, -0.2) is 33.0 Å². The number of hydrogen-bond donors (Lipinski definition) is 0. The number of nitrogens with zero attached hydrogens (tertiary/aromatic N) is 1. The number of benzene rings is 3. The van der Waals surface area contributed by atoms with E-state index in [0.29, 0.717) is 11.5 Å². The van der Waals surface area contributed by atoms with Crippen LogP contribution in [0, 0.1) is 3.95 Å². The molecule has 3 aromatic carbocycles. The summed E-state index contributed by atoms with van der Waals surface area (Å²) in [4.78, 5) is 0. The van der Waals surface area contributed by atoms with Crippen molar-refractivity contribution in [3.8, 4) is 23.0 Å². The standard InChI is InChI=1S/C21H19NO4S2/c1-23-13-8-11-12(9-14(13)24-2)20-18-16-10(5-6-22(18)21(27)28-20)7-15(25-3)19(26-4)17(11)16/h7-9H,5-6H2,1-4H3. The van der Waals surface area contributed by atoms with E-state index in [1.165, 1.54) is 21.2 Å². The highest BCUT2D eigenvalue weighted by Gasteiger charge is 2.26. The summed E-state index contributed by atoms with van der Waals surface area (Å²) in [6.45, 7) is 0.870. The minimum atomic E-state index is 0.683. The van der Waals surface area contributed by atoms with Crippen LogP contribution in [0.2, 0.25) is 0 Å². The molecular formula is C21H19NO4S2. The molecule has 0 fully saturated rings. The molecule has 0 unspecified atom stereocenters. The van der Waals surface area contributed by atoms with Crippen molar-refractivity contribution in [3.63, 3.8) is 0 Å². The highest BCUT2D eigenvalue weighted by molar-refractivity contribution is 7.73. The van der Waals surface area contributed by atoms with Crippen LogP contribution in [0.3, 0.4) is 0 Å². The highest BCUT2D eigenvalue weighted by atomic mass is 32.1. The maximum atomic E-state index is 5.83. The molecule has 0 spiro atoms. The van der Waals surface area contributed by atoms with Crippen LogP contribution in [0.1, 0.15) is 5.56 Å². The number of rotatable bonds is 4. The molecule has 0 aliphatic carbocycles. The fourth-order valence-electron chi connectivity index (χ4n) is 4.32. The van der Waals surface area contributed by atoms with E-state index >= 15 is 0 Å². The molecule has 1 aliphatic heterocycles. The molecule has 28 heavy (non-hydrogen) atoms. The van der Waals surface area contributed by atoms with E-state index in [4.69, 9.17) is 31.2 Å². The average Bonchev–Trinajstić information content (AvgIpc) is 3.07. The van der Waals surface area contributed by atoms with Crippen LogP contribution in [-0.2, 0) is 13.0 Å². The van der Waals surface area contributed by atoms with Gasteiger partial charge in [0.1, 0.15) is 0 Å². The van der Waals surface area contributed by atoms with Crippen molar-refractivity contribution in [3.05, 3.63) is 27.7 Å². The van der Waals surface area contributed by atoms with Gasteiger partial charge in [-0.05, 0) is 47.8 Å². The SMILES string of the molecule is COc1cc2c(cc1OC)c1c(OC)c(OC)cc3c1c1c2sc(=S)n1CC3. The third-order valence-electron chi connectivity index (χ3n) is 5.53. The van der Waals surface area contributed by atoms with Crippen LogP contribution in [0.15, 0.2) is 18.2 Å². The Hall–Kier alpha value is -2.51. The molecule has 5 nitrogen and oxygen atoms in total. The lowest BCUT2D eigenvalue weighted by Crippen LogP contribution is -2.09. The largest absolute Gasteiger partial charge is 0.493 e. The van der Waals surface area contributed by atoms with Gasteiger partial charge in [-0.15, -0.1) is 11.3 Å². The van der Waals surface area contributed by atoms with E-state index in [-0.39, 0.29) is 0 Å². The van der Waals surface area contributed by atoms with Crippen LogP contribution in [0.25, 0.3) is 31.8 Å². The second-order valence-electron chi connectivity index (χ2n) is 6.72. The first-order chi connectivity index (χ1) is 13.6. The fraction of sp³-hybridized carbons (Fsp3) is 0.286. The van der Waals surface area contributed by atoms with E-state index in [1.807, 2.05) is 12.1 Å². The topological polar surface area (TPSA) is 41.9 Å². The zero-order valence-electron chi connectivity index (χ0n) is 16.0. The lowest BCUT2D eigenvalue weighted by Gasteiger charge is -2.22. The smallest absolute Gasteiger partial charge is 0.169 e. The van der Waals surface area contributed by atoms with Crippen molar-refractivity contribution < 1.29 is 18.9 Å². The van der Waals surface area contributed by atoms with Crippen molar-refractivity contribution in [2.45, 2.75) is 13.0 Å². The Morgan fingerprint density at radius 3 is 2.18 bits per heavy atom. The Balaban J connectivity index is 2.16. The maximum Gasteiger partial charge on any atom is 0.169 e. The van der Waals surface area contributed by atoms with Crippen molar-refractivity contribution in [1.29, 1.82) is 0 Å². The number of fused-ring (bicyclic) bond motifs is 3. The highest BCUT2D eigenvalue weighted by Crippen LogP contribution is 2.50. The lowest BCUT2D eigenvalue weighted by molar-refractivity contribution is 0.355. The number of thiazole rings is 1. The normalized spacial score (nSPS) is 12.9. The molecule has 0 amide bonds. The van der Waals surface area contributed by atoms with Gasteiger partial charge in [-0.2, -0.15) is 0 Å². The number of aryl methyl sites for hydroxylation is 2. The zero-order valence-corrected chi connectivity index (χ0v) is 17.7.